The van der Waals surface area contributed by atoms with Gasteiger partial charge in [0.2, 0.25) is 6.43 Å². The van der Waals surface area contributed by atoms with E-state index in [1.54, 1.807) is 0 Å². The standard InChI is InChI=1S/C5H9F2N.C2H6/c6-5(7)4-1-2-8-3-4;1-2/h4-5,8H,1-3H2;1-2H3/t4-;/m0./s1. The molecule has 0 radical (unpaired) electrons. The molecule has 1 heterocycles. The van der Waals surface area contributed by atoms with Crippen LogP contribution in [-0.2, 0) is 0 Å². The Bertz CT molecular complexity index is 70.0. The Hall–Kier alpha value is -0.180. The number of nitrogens with one attached hydrogen (secondary N) is 1. The fourth-order valence-electron chi connectivity index (χ4n) is 0.892. The molecule has 1 rings (SSSR count). The van der Waals surface area contributed by atoms with E-state index < -0.39 is 6.43 Å². The predicted molar refractivity (Wildman–Crippen MR) is 38.3 cm³/mol. The van der Waals surface area contributed by atoms with Gasteiger partial charge in [-0.3, -0.25) is 0 Å². The highest BCUT2D eigenvalue weighted by atomic mass is 19.3. The van der Waals surface area contributed by atoms with Gasteiger partial charge >= 0.3 is 0 Å². The Kier molecular flexibility index (Phi) is 5.49. The Labute approximate surface area is 60.8 Å². The van der Waals surface area contributed by atoms with Crippen LogP contribution in [0.4, 0.5) is 8.78 Å². The maximum Gasteiger partial charge on any atom is 0.242 e. The van der Waals surface area contributed by atoms with Crippen molar-refractivity contribution >= 4 is 0 Å². The van der Waals surface area contributed by atoms with Crippen molar-refractivity contribution in [1.82, 2.24) is 5.32 Å². The number of halogens is 2. The molecular formula is C7H15F2N. The van der Waals surface area contributed by atoms with E-state index in [-0.39, 0.29) is 5.92 Å². The van der Waals surface area contributed by atoms with Gasteiger partial charge in [0.25, 0.3) is 0 Å². The van der Waals surface area contributed by atoms with Gasteiger partial charge < -0.3 is 5.32 Å². The minimum atomic E-state index is -2.12. The highest BCUT2D eigenvalue weighted by Crippen LogP contribution is 2.15. The van der Waals surface area contributed by atoms with Crippen molar-refractivity contribution in [1.29, 1.82) is 0 Å². The minimum absolute atomic E-state index is 0.380. The summed E-state index contributed by atoms with van der Waals surface area (Å²) in [5.74, 6) is -0.380. The van der Waals surface area contributed by atoms with Crippen LogP contribution in [0, 0.1) is 5.92 Å². The molecule has 0 unspecified atom stereocenters. The molecule has 0 aromatic rings. The second-order valence-electron chi connectivity index (χ2n) is 2.09. The number of hydrogen-bond acceptors (Lipinski definition) is 1. The van der Waals surface area contributed by atoms with Crippen LogP contribution in [0.25, 0.3) is 0 Å². The van der Waals surface area contributed by atoms with E-state index in [9.17, 15) is 8.78 Å². The fourth-order valence-corrected chi connectivity index (χ4v) is 0.892. The molecule has 3 heteroatoms. The Balaban J connectivity index is 0.000000371. The van der Waals surface area contributed by atoms with Gasteiger partial charge in [-0.1, -0.05) is 13.8 Å². The van der Waals surface area contributed by atoms with Crippen molar-refractivity contribution in [2.45, 2.75) is 26.7 Å². The van der Waals surface area contributed by atoms with Crippen molar-refractivity contribution in [2.75, 3.05) is 13.1 Å². The summed E-state index contributed by atoms with van der Waals surface area (Å²) in [6.07, 6.45) is -1.48. The summed E-state index contributed by atoms with van der Waals surface area (Å²) < 4.78 is 23.4. The van der Waals surface area contributed by atoms with E-state index in [4.69, 9.17) is 0 Å². The molecule has 1 nitrogen and oxygen atoms in total. The van der Waals surface area contributed by atoms with E-state index >= 15 is 0 Å². The van der Waals surface area contributed by atoms with Gasteiger partial charge in [-0.15, -0.1) is 0 Å². The van der Waals surface area contributed by atoms with E-state index in [1.165, 1.54) is 0 Å². The van der Waals surface area contributed by atoms with Crippen LogP contribution in [0.5, 0.6) is 0 Å². The van der Waals surface area contributed by atoms with Crippen LogP contribution in [0.1, 0.15) is 20.3 Å². The van der Waals surface area contributed by atoms with Crippen molar-refractivity contribution in [2.24, 2.45) is 5.92 Å². The lowest BCUT2D eigenvalue weighted by Crippen LogP contribution is -2.14. The fraction of sp³-hybridized carbons (Fsp3) is 1.00. The molecule has 10 heavy (non-hydrogen) atoms. The largest absolute Gasteiger partial charge is 0.316 e. The van der Waals surface area contributed by atoms with Gasteiger partial charge in [-0.05, 0) is 13.0 Å². The first kappa shape index (κ1) is 9.82. The summed E-state index contributed by atoms with van der Waals surface area (Å²) in [6, 6.07) is 0. The van der Waals surface area contributed by atoms with Gasteiger partial charge in [0.1, 0.15) is 0 Å². The zero-order chi connectivity index (χ0) is 7.98. The third-order valence-electron chi connectivity index (χ3n) is 1.45. The van der Waals surface area contributed by atoms with Gasteiger partial charge in [0, 0.05) is 12.5 Å². The number of rotatable bonds is 1. The molecule has 62 valence electrons. The number of hydrogen-bond donors (Lipinski definition) is 1. The highest BCUT2D eigenvalue weighted by Gasteiger charge is 2.23. The maximum atomic E-state index is 11.7. The lowest BCUT2D eigenvalue weighted by molar-refractivity contribution is 0.0872. The molecular weight excluding hydrogens is 136 g/mol. The number of alkyl halides is 2. The zero-order valence-electron chi connectivity index (χ0n) is 6.53. The van der Waals surface area contributed by atoms with Crippen LogP contribution in [0.2, 0.25) is 0 Å². The van der Waals surface area contributed by atoms with Crippen LogP contribution in [0.15, 0.2) is 0 Å². The second kappa shape index (κ2) is 5.59. The Morgan fingerprint density at radius 3 is 2.20 bits per heavy atom. The van der Waals surface area contributed by atoms with E-state index in [1.807, 2.05) is 13.8 Å². The van der Waals surface area contributed by atoms with Gasteiger partial charge in [0.05, 0.1) is 0 Å². The third-order valence-corrected chi connectivity index (χ3v) is 1.45. The summed E-state index contributed by atoms with van der Waals surface area (Å²) in [5, 5.41) is 2.87. The zero-order valence-corrected chi connectivity index (χ0v) is 6.53. The molecule has 0 amide bonds. The normalized spacial score (nSPS) is 24.3. The van der Waals surface area contributed by atoms with Crippen LogP contribution < -0.4 is 5.32 Å². The maximum absolute atomic E-state index is 11.7. The molecule has 0 saturated carbocycles. The highest BCUT2D eigenvalue weighted by molar-refractivity contribution is 4.72. The van der Waals surface area contributed by atoms with Crippen molar-refractivity contribution < 1.29 is 8.78 Å². The van der Waals surface area contributed by atoms with Crippen LogP contribution >= 0.6 is 0 Å². The van der Waals surface area contributed by atoms with Crippen LogP contribution in [0.3, 0.4) is 0 Å². The molecule has 0 aliphatic carbocycles. The van der Waals surface area contributed by atoms with Crippen molar-refractivity contribution in [3.05, 3.63) is 0 Å². The molecule has 1 N–H and O–H groups in total. The summed E-state index contributed by atoms with van der Waals surface area (Å²) in [7, 11) is 0. The third kappa shape index (κ3) is 3.11. The van der Waals surface area contributed by atoms with Crippen LogP contribution in [-0.4, -0.2) is 19.5 Å². The minimum Gasteiger partial charge on any atom is -0.316 e. The average Bonchev–Trinajstić information content (AvgIpc) is 2.42. The average molecular weight is 151 g/mol. The first-order valence-corrected chi connectivity index (χ1v) is 3.79. The van der Waals surface area contributed by atoms with E-state index in [2.05, 4.69) is 5.32 Å². The van der Waals surface area contributed by atoms with Gasteiger partial charge in [0.15, 0.2) is 0 Å². The Morgan fingerprint density at radius 1 is 1.40 bits per heavy atom. The molecule has 0 spiro atoms. The first-order valence-electron chi connectivity index (χ1n) is 3.79. The van der Waals surface area contributed by atoms with Crippen molar-refractivity contribution in [3.8, 4) is 0 Å². The lowest BCUT2D eigenvalue weighted by atomic mass is 10.1. The molecule has 1 aliphatic rings. The molecule has 1 aliphatic heterocycles. The molecule has 1 fully saturated rings. The summed E-state index contributed by atoms with van der Waals surface area (Å²) in [4.78, 5) is 0. The van der Waals surface area contributed by atoms with Crippen molar-refractivity contribution in [3.63, 3.8) is 0 Å². The molecule has 0 aromatic heterocycles. The predicted octanol–water partition coefficient (Wildman–Crippen LogP) is 1.89. The van der Waals surface area contributed by atoms with Gasteiger partial charge in [-0.25, -0.2) is 8.78 Å². The monoisotopic (exact) mass is 151 g/mol. The molecule has 0 aromatic carbocycles. The summed E-state index contributed by atoms with van der Waals surface area (Å²) in [6.45, 7) is 5.26. The second-order valence-corrected chi connectivity index (χ2v) is 2.09. The van der Waals surface area contributed by atoms with E-state index in [0.29, 0.717) is 13.0 Å². The topological polar surface area (TPSA) is 12.0 Å². The lowest BCUT2D eigenvalue weighted by Gasteiger charge is -2.03. The summed E-state index contributed by atoms with van der Waals surface area (Å²) >= 11 is 0. The molecule has 0 bridgehead atoms. The summed E-state index contributed by atoms with van der Waals surface area (Å²) in [5.41, 5.74) is 0. The quantitative estimate of drug-likeness (QED) is 0.603. The first-order chi connectivity index (χ1) is 4.80. The van der Waals surface area contributed by atoms with E-state index in [0.717, 1.165) is 6.54 Å². The van der Waals surface area contributed by atoms with Gasteiger partial charge in [-0.2, -0.15) is 0 Å². The smallest absolute Gasteiger partial charge is 0.242 e. The molecule has 1 saturated heterocycles. The Morgan fingerprint density at radius 2 is 2.00 bits per heavy atom. The SMILES string of the molecule is CC.FC(F)[C@H]1CCNC1. The molecule has 1 atom stereocenters.